The molecule has 1 fully saturated rings. The zero-order chi connectivity index (χ0) is 23.2. The first-order valence-corrected chi connectivity index (χ1v) is 11.4. The number of ether oxygens (including phenoxy) is 1. The number of aryl methyl sites for hydroxylation is 1. The first-order valence-electron chi connectivity index (χ1n) is 11.4. The van der Waals surface area contributed by atoms with E-state index >= 15 is 0 Å². The number of aromatic nitrogens is 2. The van der Waals surface area contributed by atoms with E-state index in [9.17, 15) is 4.79 Å². The lowest BCUT2D eigenvalue weighted by molar-refractivity contribution is -0.117. The van der Waals surface area contributed by atoms with Crippen LogP contribution in [0.2, 0.25) is 0 Å². The van der Waals surface area contributed by atoms with Crippen molar-refractivity contribution in [3.05, 3.63) is 59.5 Å². The largest absolute Gasteiger partial charge is 0.493 e. The maximum atomic E-state index is 12.5. The number of hydrogen-bond donors (Lipinski definition) is 1. The van der Waals surface area contributed by atoms with E-state index in [1.54, 1.807) is 0 Å². The number of carbonyl (C=O) groups is 1. The molecule has 0 bridgehead atoms. The summed E-state index contributed by atoms with van der Waals surface area (Å²) in [6.07, 6.45) is 0. The van der Waals surface area contributed by atoms with Gasteiger partial charge in [-0.1, -0.05) is 29.4 Å². The summed E-state index contributed by atoms with van der Waals surface area (Å²) in [5.74, 6) is 1.89. The van der Waals surface area contributed by atoms with Crippen molar-refractivity contribution in [1.29, 1.82) is 0 Å². The van der Waals surface area contributed by atoms with Gasteiger partial charge in [0.1, 0.15) is 5.75 Å². The topological polar surface area (TPSA) is 83.7 Å². The second kappa shape index (κ2) is 10.6. The number of nitrogens with one attached hydrogen (secondary N) is 1. The van der Waals surface area contributed by atoms with E-state index in [0.29, 0.717) is 31.4 Å². The molecule has 0 radical (unpaired) electrons. The Morgan fingerprint density at radius 2 is 1.82 bits per heavy atom. The van der Waals surface area contributed by atoms with Crippen LogP contribution in [0.1, 0.15) is 23.9 Å². The standard InChI is InChI=1S/C25H31N5O3/c1-4-32-22-11-6-5-9-20(22)25-27-24(33-28-25)17-30-14-12-29(13-15-30)16-23(31)26-21-10-7-8-18(2)19(21)3/h5-11H,4,12-17H2,1-3H3,(H,26,31). The minimum Gasteiger partial charge on any atom is -0.493 e. The van der Waals surface area contributed by atoms with Gasteiger partial charge in [0.15, 0.2) is 0 Å². The number of amides is 1. The van der Waals surface area contributed by atoms with E-state index in [4.69, 9.17) is 9.26 Å². The highest BCUT2D eigenvalue weighted by Gasteiger charge is 2.22. The number of piperazine rings is 1. The highest BCUT2D eigenvalue weighted by molar-refractivity contribution is 5.93. The van der Waals surface area contributed by atoms with Gasteiger partial charge in [0.05, 0.1) is 25.3 Å². The third-order valence-electron chi connectivity index (χ3n) is 5.97. The second-order valence-electron chi connectivity index (χ2n) is 8.29. The maximum Gasteiger partial charge on any atom is 0.241 e. The Bertz CT molecular complexity index is 1090. The van der Waals surface area contributed by atoms with Gasteiger partial charge in [0, 0.05) is 31.9 Å². The summed E-state index contributed by atoms with van der Waals surface area (Å²) in [6, 6.07) is 13.7. The maximum absolute atomic E-state index is 12.5. The lowest BCUT2D eigenvalue weighted by Crippen LogP contribution is -2.48. The average molecular weight is 450 g/mol. The van der Waals surface area contributed by atoms with Crippen LogP contribution in [-0.2, 0) is 11.3 Å². The Morgan fingerprint density at radius 3 is 2.61 bits per heavy atom. The molecule has 1 aromatic heterocycles. The molecule has 2 aromatic carbocycles. The normalized spacial score (nSPS) is 14.9. The third kappa shape index (κ3) is 5.77. The molecule has 174 valence electrons. The Balaban J connectivity index is 1.27. The highest BCUT2D eigenvalue weighted by atomic mass is 16.5. The van der Waals surface area contributed by atoms with Gasteiger partial charge in [-0.2, -0.15) is 4.98 Å². The molecule has 0 atom stereocenters. The summed E-state index contributed by atoms with van der Waals surface area (Å²) < 4.78 is 11.2. The van der Waals surface area contributed by atoms with Gasteiger partial charge in [-0.05, 0) is 50.1 Å². The molecule has 0 aliphatic carbocycles. The molecule has 4 rings (SSSR count). The first kappa shape index (κ1) is 22.9. The van der Waals surface area contributed by atoms with Crippen LogP contribution < -0.4 is 10.1 Å². The molecule has 3 aromatic rings. The Labute approximate surface area is 194 Å². The van der Waals surface area contributed by atoms with Crippen molar-refractivity contribution in [3.8, 4) is 17.1 Å². The Morgan fingerprint density at radius 1 is 1.06 bits per heavy atom. The fraction of sp³-hybridized carbons (Fsp3) is 0.400. The molecule has 0 saturated carbocycles. The molecule has 2 heterocycles. The van der Waals surface area contributed by atoms with Crippen LogP contribution in [0.15, 0.2) is 47.0 Å². The van der Waals surface area contributed by atoms with Crippen LogP contribution in [0.4, 0.5) is 5.69 Å². The van der Waals surface area contributed by atoms with Gasteiger partial charge >= 0.3 is 0 Å². The summed E-state index contributed by atoms with van der Waals surface area (Å²) >= 11 is 0. The number of rotatable bonds is 8. The molecule has 1 saturated heterocycles. The van der Waals surface area contributed by atoms with Crippen molar-refractivity contribution in [1.82, 2.24) is 19.9 Å². The zero-order valence-corrected chi connectivity index (χ0v) is 19.5. The van der Waals surface area contributed by atoms with E-state index in [-0.39, 0.29) is 5.91 Å². The molecule has 1 aliphatic rings. The zero-order valence-electron chi connectivity index (χ0n) is 19.5. The molecule has 1 aliphatic heterocycles. The van der Waals surface area contributed by atoms with E-state index in [2.05, 4.69) is 25.3 Å². The Hall–Kier alpha value is -3.23. The summed E-state index contributed by atoms with van der Waals surface area (Å²) in [4.78, 5) is 21.5. The molecule has 8 nitrogen and oxygen atoms in total. The van der Waals surface area contributed by atoms with Crippen molar-refractivity contribution in [2.45, 2.75) is 27.3 Å². The van der Waals surface area contributed by atoms with Crippen molar-refractivity contribution in [3.63, 3.8) is 0 Å². The van der Waals surface area contributed by atoms with Crippen LogP contribution in [-0.4, -0.2) is 65.2 Å². The third-order valence-corrected chi connectivity index (χ3v) is 5.97. The number of nitrogens with zero attached hydrogens (tertiary/aromatic N) is 4. The average Bonchev–Trinajstić information content (AvgIpc) is 3.27. The summed E-state index contributed by atoms with van der Waals surface area (Å²) in [5, 5.41) is 7.19. The number of benzene rings is 2. The molecule has 1 N–H and O–H groups in total. The van der Waals surface area contributed by atoms with Gasteiger partial charge in [-0.25, -0.2) is 0 Å². The highest BCUT2D eigenvalue weighted by Crippen LogP contribution is 2.27. The van der Waals surface area contributed by atoms with Crippen molar-refractivity contribution < 1.29 is 14.1 Å². The van der Waals surface area contributed by atoms with Crippen molar-refractivity contribution >= 4 is 11.6 Å². The molecule has 33 heavy (non-hydrogen) atoms. The molecule has 1 amide bonds. The van der Waals surface area contributed by atoms with Crippen LogP contribution >= 0.6 is 0 Å². The van der Waals surface area contributed by atoms with Crippen LogP contribution in [0.3, 0.4) is 0 Å². The van der Waals surface area contributed by atoms with E-state index in [1.165, 1.54) is 5.56 Å². The number of carbonyl (C=O) groups excluding carboxylic acids is 1. The summed E-state index contributed by atoms with van der Waals surface area (Å²) in [6.45, 7) is 10.9. The fourth-order valence-electron chi connectivity index (χ4n) is 3.94. The van der Waals surface area contributed by atoms with Crippen LogP contribution in [0, 0.1) is 13.8 Å². The van der Waals surface area contributed by atoms with Crippen LogP contribution in [0.5, 0.6) is 5.75 Å². The second-order valence-corrected chi connectivity index (χ2v) is 8.29. The quantitative estimate of drug-likeness (QED) is 0.563. The van der Waals surface area contributed by atoms with E-state index in [1.807, 2.05) is 63.2 Å². The number of para-hydroxylation sites is 1. The van der Waals surface area contributed by atoms with Crippen LogP contribution in [0.25, 0.3) is 11.4 Å². The Kier molecular flexibility index (Phi) is 7.36. The smallest absolute Gasteiger partial charge is 0.241 e. The summed E-state index contributed by atoms with van der Waals surface area (Å²) in [7, 11) is 0. The fourth-order valence-corrected chi connectivity index (χ4v) is 3.94. The van der Waals surface area contributed by atoms with Gasteiger partial charge in [0.25, 0.3) is 0 Å². The SMILES string of the molecule is CCOc1ccccc1-c1noc(CN2CCN(CC(=O)Nc3cccc(C)c3C)CC2)n1. The van der Waals surface area contributed by atoms with Gasteiger partial charge in [0.2, 0.25) is 17.6 Å². The number of anilines is 1. The minimum atomic E-state index is 0.0201. The number of hydrogen-bond acceptors (Lipinski definition) is 7. The molecule has 8 heteroatoms. The predicted octanol–water partition coefficient (Wildman–Crippen LogP) is 3.51. The van der Waals surface area contributed by atoms with Gasteiger partial charge < -0.3 is 14.6 Å². The monoisotopic (exact) mass is 449 g/mol. The molecule has 0 unspecified atom stereocenters. The lowest BCUT2D eigenvalue weighted by atomic mass is 10.1. The van der Waals surface area contributed by atoms with Crippen molar-refractivity contribution in [2.24, 2.45) is 0 Å². The first-order chi connectivity index (χ1) is 16.0. The van der Waals surface area contributed by atoms with E-state index < -0.39 is 0 Å². The van der Waals surface area contributed by atoms with E-state index in [0.717, 1.165) is 48.7 Å². The summed E-state index contributed by atoms with van der Waals surface area (Å²) in [5.41, 5.74) is 4.00. The molecular formula is C25H31N5O3. The van der Waals surface area contributed by atoms with Gasteiger partial charge in [-0.3, -0.25) is 14.6 Å². The predicted molar refractivity (Wildman–Crippen MR) is 127 cm³/mol. The van der Waals surface area contributed by atoms with Crippen molar-refractivity contribution in [2.75, 3.05) is 44.6 Å². The van der Waals surface area contributed by atoms with Gasteiger partial charge in [-0.15, -0.1) is 0 Å². The molecular weight excluding hydrogens is 418 g/mol. The lowest BCUT2D eigenvalue weighted by Gasteiger charge is -2.33. The molecule has 0 spiro atoms. The minimum absolute atomic E-state index is 0.0201.